The van der Waals surface area contributed by atoms with Crippen molar-refractivity contribution < 1.29 is 39.6 Å². The van der Waals surface area contributed by atoms with Crippen molar-refractivity contribution in [2.75, 3.05) is 13.7 Å². The van der Waals surface area contributed by atoms with E-state index in [2.05, 4.69) is 0 Å². The molecule has 4 N–H and O–H groups in total. The van der Waals surface area contributed by atoms with Gasteiger partial charge in [0, 0.05) is 6.07 Å². The molecule has 1 saturated heterocycles. The average molecular weight is 331 g/mol. The lowest BCUT2D eigenvalue weighted by molar-refractivity contribution is -0.385. The molecule has 0 spiro atoms. The lowest BCUT2D eigenvalue weighted by Gasteiger charge is -2.39. The van der Waals surface area contributed by atoms with E-state index in [0.29, 0.717) is 0 Å². The van der Waals surface area contributed by atoms with Crippen molar-refractivity contribution in [3.05, 3.63) is 28.3 Å². The Morgan fingerprint density at radius 1 is 1.22 bits per heavy atom. The molecular weight excluding hydrogens is 314 g/mol. The lowest BCUT2D eigenvalue weighted by Crippen LogP contribution is -2.60. The summed E-state index contributed by atoms with van der Waals surface area (Å²) in [5.74, 6) is 0.0542. The Hall–Kier alpha value is -1.98. The number of aliphatic hydroxyl groups excluding tert-OH is 4. The lowest BCUT2D eigenvalue weighted by atomic mass is 9.99. The van der Waals surface area contributed by atoms with Gasteiger partial charge in [-0.1, -0.05) is 0 Å². The van der Waals surface area contributed by atoms with Gasteiger partial charge >= 0.3 is 0 Å². The summed E-state index contributed by atoms with van der Waals surface area (Å²) in [6, 6.07) is 3.54. The smallest absolute Gasteiger partial charge is 0.273 e. The Labute approximate surface area is 130 Å². The normalized spacial score (nSPS) is 30.7. The summed E-state index contributed by atoms with van der Waals surface area (Å²) in [7, 11) is 1.28. The maximum Gasteiger partial charge on any atom is 0.273 e. The molecule has 0 aliphatic carbocycles. The van der Waals surface area contributed by atoms with Crippen molar-refractivity contribution in [3.63, 3.8) is 0 Å². The summed E-state index contributed by atoms with van der Waals surface area (Å²) in [6.07, 6.45) is -7.21. The molecule has 128 valence electrons. The van der Waals surface area contributed by atoms with Gasteiger partial charge in [0.25, 0.3) is 5.69 Å². The molecule has 2 rings (SSSR count). The van der Waals surface area contributed by atoms with Crippen LogP contribution >= 0.6 is 0 Å². The van der Waals surface area contributed by atoms with Gasteiger partial charge in [-0.2, -0.15) is 0 Å². The van der Waals surface area contributed by atoms with Crippen molar-refractivity contribution in [2.45, 2.75) is 30.7 Å². The number of nitro groups is 1. The first-order valence-corrected chi connectivity index (χ1v) is 6.68. The van der Waals surface area contributed by atoms with E-state index in [4.69, 9.17) is 19.3 Å². The van der Waals surface area contributed by atoms with Crippen LogP contribution in [-0.2, 0) is 4.74 Å². The van der Waals surface area contributed by atoms with Crippen molar-refractivity contribution in [1.82, 2.24) is 0 Å². The van der Waals surface area contributed by atoms with Gasteiger partial charge in [-0.3, -0.25) is 10.1 Å². The molecule has 0 radical (unpaired) electrons. The zero-order chi connectivity index (χ0) is 17.1. The number of methoxy groups -OCH3 is 1. The summed E-state index contributed by atoms with van der Waals surface area (Å²) in [4.78, 5) is 10.1. The molecule has 1 aliphatic heterocycles. The van der Waals surface area contributed by atoms with Crippen molar-refractivity contribution in [2.24, 2.45) is 0 Å². The van der Waals surface area contributed by atoms with E-state index in [1.807, 2.05) is 0 Å². The Morgan fingerprint density at radius 2 is 1.91 bits per heavy atom. The molecular formula is C13H17NO9. The molecule has 1 aliphatic rings. The standard InChI is InChI=1S/C13H17NO9/c1-21-8-4-6(14(19)20)2-3-7(8)22-13-12(18)11(17)10(16)9(5-15)23-13/h2-4,9-13,15-18H,5H2,1H3/t9-,10+,11+,12-,13+/m1/s1. The summed E-state index contributed by atoms with van der Waals surface area (Å²) in [6.45, 7) is -0.595. The van der Waals surface area contributed by atoms with Crippen LogP contribution < -0.4 is 9.47 Å². The predicted octanol–water partition coefficient (Wildman–Crippen LogP) is -1.22. The van der Waals surface area contributed by atoms with Crippen LogP contribution in [0.3, 0.4) is 0 Å². The van der Waals surface area contributed by atoms with Crippen LogP contribution in [0, 0.1) is 10.1 Å². The quantitative estimate of drug-likeness (QED) is 0.384. The van der Waals surface area contributed by atoms with Gasteiger partial charge in [0.05, 0.1) is 24.7 Å². The molecule has 1 aromatic rings. The third-order valence-electron chi connectivity index (χ3n) is 3.45. The SMILES string of the molecule is COc1cc([N+](=O)[O-])ccc1O[C@H]1O[C@H](CO)[C@H](O)[C@H](O)[C@H]1O. The van der Waals surface area contributed by atoms with Gasteiger partial charge in [-0.25, -0.2) is 0 Å². The highest BCUT2D eigenvalue weighted by atomic mass is 16.7. The highest BCUT2D eigenvalue weighted by Gasteiger charge is 2.45. The van der Waals surface area contributed by atoms with Crippen LogP contribution in [0.15, 0.2) is 18.2 Å². The number of non-ortho nitro benzene ring substituents is 1. The van der Waals surface area contributed by atoms with E-state index in [0.717, 1.165) is 6.07 Å². The third-order valence-corrected chi connectivity index (χ3v) is 3.45. The van der Waals surface area contributed by atoms with Crippen molar-refractivity contribution in [3.8, 4) is 11.5 Å². The average Bonchev–Trinajstić information content (AvgIpc) is 2.55. The highest BCUT2D eigenvalue weighted by Crippen LogP contribution is 2.33. The van der Waals surface area contributed by atoms with Crippen LogP contribution in [0.1, 0.15) is 0 Å². The molecule has 1 fully saturated rings. The minimum Gasteiger partial charge on any atom is -0.493 e. The molecule has 10 nitrogen and oxygen atoms in total. The van der Waals surface area contributed by atoms with Crippen LogP contribution in [0.4, 0.5) is 5.69 Å². The summed E-state index contributed by atoms with van der Waals surface area (Å²) in [5.41, 5.74) is -0.219. The number of hydrogen-bond donors (Lipinski definition) is 4. The first-order chi connectivity index (χ1) is 10.9. The van der Waals surface area contributed by atoms with Crippen LogP contribution in [0.2, 0.25) is 0 Å². The number of hydrogen-bond acceptors (Lipinski definition) is 9. The van der Waals surface area contributed by atoms with Gasteiger partial charge in [-0.05, 0) is 6.07 Å². The highest BCUT2D eigenvalue weighted by molar-refractivity contribution is 5.48. The van der Waals surface area contributed by atoms with Gasteiger partial charge in [-0.15, -0.1) is 0 Å². The Bertz CT molecular complexity index is 564. The Morgan fingerprint density at radius 3 is 2.48 bits per heavy atom. The van der Waals surface area contributed by atoms with Crippen molar-refractivity contribution in [1.29, 1.82) is 0 Å². The fourth-order valence-corrected chi connectivity index (χ4v) is 2.16. The molecule has 10 heteroatoms. The minimum absolute atomic E-state index is 0.0242. The van der Waals surface area contributed by atoms with E-state index in [9.17, 15) is 25.4 Å². The monoisotopic (exact) mass is 331 g/mol. The van der Waals surface area contributed by atoms with E-state index < -0.39 is 42.2 Å². The summed E-state index contributed by atoms with van der Waals surface area (Å²) in [5, 5.41) is 49.1. The third kappa shape index (κ3) is 3.51. The second-order valence-corrected chi connectivity index (χ2v) is 4.91. The number of nitro benzene ring substituents is 1. The number of aliphatic hydroxyl groups is 4. The molecule has 0 bridgehead atoms. The van der Waals surface area contributed by atoms with Gasteiger partial charge in [0.15, 0.2) is 11.5 Å². The molecule has 0 amide bonds. The van der Waals surface area contributed by atoms with Crippen LogP contribution in [0.5, 0.6) is 11.5 Å². The van der Waals surface area contributed by atoms with Crippen LogP contribution in [0.25, 0.3) is 0 Å². The molecule has 0 aromatic heterocycles. The van der Waals surface area contributed by atoms with Gasteiger partial charge in [0.2, 0.25) is 6.29 Å². The number of nitrogens with zero attached hydrogens (tertiary/aromatic N) is 1. The number of ether oxygens (including phenoxy) is 3. The van der Waals surface area contributed by atoms with E-state index >= 15 is 0 Å². The number of benzene rings is 1. The van der Waals surface area contributed by atoms with E-state index in [1.165, 1.54) is 19.2 Å². The summed E-state index contributed by atoms with van der Waals surface area (Å²) >= 11 is 0. The van der Waals surface area contributed by atoms with Crippen LogP contribution in [-0.4, -0.2) is 69.8 Å². The predicted molar refractivity (Wildman–Crippen MR) is 74.0 cm³/mol. The topological polar surface area (TPSA) is 152 Å². The summed E-state index contributed by atoms with van der Waals surface area (Å²) < 4.78 is 15.5. The minimum atomic E-state index is -1.59. The number of rotatable bonds is 5. The second-order valence-electron chi connectivity index (χ2n) is 4.91. The Balaban J connectivity index is 2.22. The molecule has 1 heterocycles. The van der Waals surface area contributed by atoms with Gasteiger partial charge < -0.3 is 34.6 Å². The van der Waals surface area contributed by atoms with E-state index in [1.54, 1.807) is 0 Å². The second kappa shape index (κ2) is 7.06. The molecule has 1 aromatic carbocycles. The molecule has 23 heavy (non-hydrogen) atoms. The Kier molecular flexibility index (Phi) is 5.34. The fraction of sp³-hybridized carbons (Fsp3) is 0.538. The largest absolute Gasteiger partial charge is 0.493 e. The van der Waals surface area contributed by atoms with Gasteiger partial charge in [0.1, 0.15) is 24.4 Å². The maximum atomic E-state index is 10.7. The first-order valence-electron chi connectivity index (χ1n) is 6.68. The molecule has 5 atom stereocenters. The molecule has 0 unspecified atom stereocenters. The molecule has 0 saturated carbocycles. The first kappa shape index (κ1) is 17.4. The fourth-order valence-electron chi connectivity index (χ4n) is 2.16. The zero-order valence-electron chi connectivity index (χ0n) is 12.1. The zero-order valence-corrected chi connectivity index (χ0v) is 12.1. The maximum absolute atomic E-state index is 10.7. The van der Waals surface area contributed by atoms with E-state index in [-0.39, 0.29) is 17.2 Å². The van der Waals surface area contributed by atoms with Crippen molar-refractivity contribution >= 4 is 5.69 Å².